The molecule has 4 heteroatoms. The maximum Gasteiger partial charge on any atom is 0.255 e. The molecule has 0 aliphatic heterocycles. The van der Waals surface area contributed by atoms with Crippen LogP contribution in [0.5, 0.6) is 11.6 Å². The van der Waals surface area contributed by atoms with Gasteiger partial charge in [-0.3, -0.25) is 0 Å². The standard InChI is InChI=1S/C15H15BrFNO/c1-3-10(2)12-6-4-5-7-14(12)19-15-13(17)8-11(16)9-18-15/h4-10H,3H2,1-2H3. The van der Waals surface area contributed by atoms with Gasteiger partial charge in [-0.1, -0.05) is 32.0 Å². The van der Waals surface area contributed by atoms with Crippen molar-refractivity contribution < 1.29 is 9.13 Å². The average molecular weight is 324 g/mol. The molecule has 1 atom stereocenters. The van der Waals surface area contributed by atoms with Crippen molar-refractivity contribution in [3.8, 4) is 11.6 Å². The van der Waals surface area contributed by atoms with Crippen molar-refractivity contribution >= 4 is 15.9 Å². The molecule has 0 saturated carbocycles. The fraction of sp³-hybridized carbons (Fsp3) is 0.267. The molecule has 2 rings (SSSR count). The van der Waals surface area contributed by atoms with E-state index in [0.29, 0.717) is 16.1 Å². The lowest BCUT2D eigenvalue weighted by Crippen LogP contribution is -1.98. The summed E-state index contributed by atoms with van der Waals surface area (Å²) < 4.78 is 19.9. The third-order valence-corrected chi connectivity index (χ3v) is 3.48. The minimum absolute atomic E-state index is 0.000969. The molecule has 2 nitrogen and oxygen atoms in total. The van der Waals surface area contributed by atoms with Crippen LogP contribution in [0.15, 0.2) is 41.0 Å². The number of nitrogens with zero attached hydrogens (tertiary/aromatic N) is 1. The first-order valence-corrected chi connectivity index (χ1v) is 6.99. The van der Waals surface area contributed by atoms with Gasteiger partial charge in [-0.15, -0.1) is 0 Å². The van der Waals surface area contributed by atoms with Crippen LogP contribution in [-0.4, -0.2) is 4.98 Å². The molecule has 0 saturated heterocycles. The van der Waals surface area contributed by atoms with Gasteiger partial charge >= 0.3 is 0 Å². The fourth-order valence-electron chi connectivity index (χ4n) is 1.78. The number of hydrogen-bond acceptors (Lipinski definition) is 2. The molecule has 1 unspecified atom stereocenters. The zero-order valence-corrected chi connectivity index (χ0v) is 12.4. The lowest BCUT2D eigenvalue weighted by molar-refractivity contribution is 0.415. The van der Waals surface area contributed by atoms with Gasteiger partial charge in [-0.2, -0.15) is 0 Å². The van der Waals surface area contributed by atoms with Crippen molar-refractivity contribution in [1.29, 1.82) is 0 Å². The van der Waals surface area contributed by atoms with E-state index >= 15 is 0 Å². The summed E-state index contributed by atoms with van der Waals surface area (Å²) in [6.07, 6.45) is 2.51. The highest BCUT2D eigenvalue weighted by atomic mass is 79.9. The molecule has 100 valence electrons. The van der Waals surface area contributed by atoms with E-state index < -0.39 is 5.82 Å². The van der Waals surface area contributed by atoms with E-state index in [2.05, 4.69) is 34.8 Å². The predicted octanol–water partition coefficient (Wildman–Crippen LogP) is 5.29. The molecular formula is C15H15BrFNO. The largest absolute Gasteiger partial charge is 0.436 e. The highest BCUT2D eigenvalue weighted by Crippen LogP contribution is 2.32. The summed E-state index contributed by atoms with van der Waals surface area (Å²) in [5, 5.41) is 0. The Morgan fingerprint density at radius 3 is 2.79 bits per heavy atom. The van der Waals surface area contributed by atoms with Crippen LogP contribution in [0.1, 0.15) is 31.7 Å². The first kappa shape index (κ1) is 14.0. The number of ether oxygens (including phenoxy) is 1. The van der Waals surface area contributed by atoms with Gasteiger partial charge in [0.2, 0.25) is 0 Å². The Morgan fingerprint density at radius 2 is 2.11 bits per heavy atom. The van der Waals surface area contributed by atoms with E-state index in [0.717, 1.165) is 12.0 Å². The fourth-order valence-corrected chi connectivity index (χ4v) is 2.09. The lowest BCUT2D eigenvalue weighted by atomic mass is 9.98. The summed E-state index contributed by atoms with van der Waals surface area (Å²) in [7, 11) is 0. The Kier molecular flexibility index (Phi) is 4.53. The van der Waals surface area contributed by atoms with Crippen LogP contribution >= 0.6 is 15.9 Å². The lowest BCUT2D eigenvalue weighted by Gasteiger charge is -2.15. The van der Waals surface area contributed by atoms with Gasteiger partial charge < -0.3 is 4.74 Å². The van der Waals surface area contributed by atoms with Gasteiger partial charge in [0.25, 0.3) is 5.88 Å². The molecule has 2 aromatic rings. The monoisotopic (exact) mass is 323 g/mol. The molecule has 0 amide bonds. The first-order valence-electron chi connectivity index (χ1n) is 6.19. The smallest absolute Gasteiger partial charge is 0.255 e. The van der Waals surface area contributed by atoms with E-state index in [1.165, 1.54) is 12.3 Å². The normalized spacial score (nSPS) is 12.2. The molecule has 0 fully saturated rings. The minimum atomic E-state index is -0.478. The molecule has 0 aliphatic carbocycles. The predicted molar refractivity (Wildman–Crippen MR) is 77.1 cm³/mol. The van der Waals surface area contributed by atoms with E-state index in [4.69, 9.17) is 4.74 Å². The van der Waals surface area contributed by atoms with E-state index in [-0.39, 0.29) is 5.88 Å². The Bertz CT molecular complexity index is 574. The summed E-state index contributed by atoms with van der Waals surface area (Å²) in [6.45, 7) is 4.23. The summed E-state index contributed by atoms with van der Waals surface area (Å²) in [6, 6.07) is 9.01. The second kappa shape index (κ2) is 6.15. The number of halogens is 2. The molecule has 0 radical (unpaired) electrons. The van der Waals surface area contributed by atoms with Crippen molar-refractivity contribution in [2.75, 3.05) is 0 Å². The van der Waals surface area contributed by atoms with Crippen LogP contribution in [0.3, 0.4) is 0 Å². The summed E-state index contributed by atoms with van der Waals surface area (Å²) in [5.41, 5.74) is 1.06. The van der Waals surface area contributed by atoms with Gasteiger partial charge in [0, 0.05) is 10.7 Å². The number of para-hydroxylation sites is 1. The van der Waals surface area contributed by atoms with Crippen LogP contribution in [0.4, 0.5) is 4.39 Å². The van der Waals surface area contributed by atoms with Crippen LogP contribution < -0.4 is 4.74 Å². The zero-order valence-electron chi connectivity index (χ0n) is 10.9. The minimum Gasteiger partial charge on any atom is -0.436 e. The maximum absolute atomic E-state index is 13.7. The second-order valence-electron chi connectivity index (χ2n) is 4.39. The molecule has 1 aromatic carbocycles. The van der Waals surface area contributed by atoms with Crippen LogP contribution in [0.25, 0.3) is 0 Å². The number of benzene rings is 1. The molecule has 0 bridgehead atoms. The average Bonchev–Trinajstić information content (AvgIpc) is 2.41. The Hall–Kier alpha value is -1.42. The number of hydrogen-bond donors (Lipinski definition) is 0. The van der Waals surface area contributed by atoms with Gasteiger partial charge in [-0.05, 0) is 46.0 Å². The second-order valence-corrected chi connectivity index (χ2v) is 5.31. The highest BCUT2D eigenvalue weighted by Gasteiger charge is 2.13. The van der Waals surface area contributed by atoms with E-state index in [9.17, 15) is 4.39 Å². The van der Waals surface area contributed by atoms with Crippen molar-refractivity contribution in [2.45, 2.75) is 26.2 Å². The SMILES string of the molecule is CCC(C)c1ccccc1Oc1ncc(Br)cc1F. The third-order valence-electron chi connectivity index (χ3n) is 3.04. The van der Waals surface area contributed by atoms with Gasteiger partial charge in [0.05, 0.1) is 0 Å². The molecule has 0 aliphatic rings. The molecule has 19 heavy (non-hydrogen) atoms. The van der Waals surface area contributed by atoms with Crippen LogP contribution in [-0.2, 0) is 0 Å². The highest BCUT2D eigenvalue weighted by molar-refractivity contribution is 9.10. The molecule has 0 N–H and O–H groups in total. The van der Waals surface area contributed by atoms with Crippen molar-refractivity contribution in [2.24, 2.45) is 0 Å². The van der Waals surface area contributed by atoms with Gasteiger partial charge in [0.15, 0.2) is 5.82 Å². The molecule has 0 spiro atoms. The summed E-state index contributed by atoms with van der Waals surface area (Å²) in [4.78, 5) is 3.96. The molecule has 1 heterocycles. The van der Waals surface area contributed by atoms with Crippen LogP contribution in [0.2, 0.25) is 0 Å². The third kappa shape index (κ3) is 3.32. The van der Waals surface area contributed by atoms with Crippen molar-refractivity contribution in [3.05, 3.63) is 52.4 Å². The van der Waals surface area contributed by atoms with E-state index in [1.807, 2.05) is 24.3 Å². The molecule has 1 aromatic heterocycles. The topological polar surface area (TPSA) is 22.1 Å². The Labute approximate surface area is 120 Å². The maximum atomic E-state index is 13.7. The summed E-state index contributed by atoms with van der Waals surface area (Å²) >= 11 is 3.17. The summed E-state index contributed by atoms with van der Waals surface area (Å²) in [5.74, 6) is 0.535. The van der Waals surface area contributed by atoms with Gasteiger partial charge in [0.1, 0.15) is 5.75 Å². The van der Waals surface area contributed by atoms with Crippen molar-refractivity contribution in [1.82, 2.24) is 4.98 Å². The Morgan fingerprint density at radius 1 is 1.37 bits per heavy atom. The number of rotatable bonds is 4. The van der Waals surface area contributed by atoms with E-state index in [1.54, 1.807) is 0 Å². The van der Waals surface area contributed by atoms with Crippen LogP contribution in [0, 0.1) is 5.82 Å². The Balaban J connectivity index is 2.33. The number of aromatic nitrogens is 1. The zero-order chi connectivity index (χ0) is 13.8. The molecular weight excluding hydrogens is 309 g/mol. The number of pyridine rings is 1. The van der Waals surface area contributed by atoms with Crippen molar-refractivity contribution in [3.63, 3.8) is 0 Å². The first-order chi connectivity index (χ1) is 9.11. The van der Waals surface area contributed by atoms with Gasteiger partial charge in [-0.25, -0.2) is 9.37 Å². The quantitative estimate of drug-likeness (QED) is 0.762.